The van der Waals surface area contributed by atoms with E-state index in [1.807, 2.05) is 0 Å². The Morgan fingerprint density at radius 1 is 0.545 bits per heavy atom. The normalized spacial score (nSPS) is 11.7. The van der Waals surface area contributed by atoms with E-state index < -0.39 is 0 Å². The summed E-state index contributed by atoms with van der Waals surface area (Å²) in [6.45, 7) is 3.44. The summed E-state index contributed by atoms with van der Waals surface area (Å²) in [5.41, 5.74) is 4.98. The van der Waals surface area contributed by atoms with Crippen LogP contribution in [0.2, 0.25) is 0 Å². The molecule has 0 aromatic heterocycles. The molecular weight excluding hydrogens is 634 g/mol. The third-order valence-corrected chi connectivity index (χ3v) is 6.99. The van der Waals surface area contributed by atoms with Gasteiger partial charge in [-0.25, -0.2) is 0 Å². The van der Waals surface area contributed by atoms with Gasteiger partial charge >= 0.3 is 0 Å². The second kappa shape index (κ2) is 11.9. The maximum Gasteiger partial charge on any atom is 0.119 e. The van der Waals surface area contributed by atoms with Crippen LogP contribution < -0.4 is 9.47 Å². The molecule has 0 unspecified atom stereocenters. The first kappa shape index (κ1) is 24.1. The molecule has 33 heavy (non-hydrogen) atoms. The molecule has 4 aromatic rings. The van der Waals surface area contributed by atoms with Gasteiger partial charge in [-0.1, -0.05) is 55.5 Å². The summed E-state index contributed by atoms with van der Waals surface area (Å²) in [5, 5.41) is 0. The van der Waals surface area contributed by atoms with Gasteiger partial charge in [-0.2, -0.15) is 0 Å². The van der Waals surface area contributed by atoms with Crippen LogP contribution in [0.3, 0.4) is 0 Å². The van der Waals surface area contributed by atoms with Crippen LogP contribution in [-0.2, 0) is 19.6 Å². The molecular formula is C29H26I2O2. The summed E-state index contributed by atoms with van der Waals surface area (Å²) >= 11 is 4.63. The molecule has 0 aliphatic rings. The van der Waals surface area contributed by atoms with Crippen molar-refractivity contribution in [3.63, 3.8) is 0 Å². The van der Waals surface area contributed by atoms with Crippen molar-refractivity contribution >= 4 is 45.2 Å². The first-order valence-corrected chi connectivity index (χ1v) is 13.1. The Hall–Kier alpha value is -2.06. The second-order valence-electron chi connectivity index (χ2n) is 8.15. The predicted octanol–water partition coefficient (Wildman–Crippen LogP) is 8.40. The van der Waals surface area contributed by atoms with Crippen molar-refractivity contribution in [3.8, 4) is 11.5 Å². The number of hydrogen-bond acceptors (Lipinski definition) is 2. The van der Waals surface area contributed by atoms with Crippen molar-refractivity contribution in [1.82, 2.24) is 0 Å². The van der Waals surface area contributed by atoms with Crippen LogP contribution in [0.5, 0.6) is 11.5 Å². The standard InChI is InChI=1S/C29H26I2O2/c1-21(25-8-16-29(17-9-25)33-20-24-4-12-27(31)13-5-24)18-22-6-14-28(15-7-22)32-19-23-2-10-26(30)11-3-23/h2-17,21H,18-20H2,1H3/t21-/m1/s1. The number of hydrogen-bond donors (Lipinski definition) is 0. The topological polar surface area (TPSA) is 18.5 Å². The molecule has 4 aromatic carbocycles. The molecule has 168 valence electrons. The van der Waals surface area contributed by atoms with E-state index in [0.717, 1.165) is 17.9 Å². The average molecular weight is 660 g/mol. The first-order valence-electron chi connectivity index (χ1n) is 11.0. The van der Waals surface area contributed by atoms with Gasteiger partial charge in [-0.05, 0) is 128 Å². The maximum absolute atomic E-state index is 5.94. The summed E-state index contributed by atoms with van der Waals surface area (Å²) in [7, 11) is 0. The Morgan fingerprint density at radius 3 is 1.39 bits per heavy atom. The van der Waals surface area contributed by atoms with Crippen molar-refractivity contribution < 1.29 is 9.47 Å². The highest BCUT2D eigenvalue weighted by molar-refractivity contribution is 14.1. The molecule has 0 radical (unpaired) electrons. The minimum Gasteiger partial charge on any atom is -0.489 e. The molecule has 0 fully saturated rings. The Kier molecular flexibility index (Phi) is 8.67. The summed E-state index contributed by atoms with van der Waals surface area (Å²) in [6, 6.07) is 33.8. The Bertz CT molecular complexity index is 1140. The van der Waals surface area contributed by atoms with Crippen molar-refractivity contribution in [1.29, 1.82) is 0 Å². The molecule has 0 saturated heterocycles. The SMILES string of the molecule is C[C@H](Cc1ccc(OCc2ccc(I)cc2)cc1)c1ccc(OCc2ccc(I)cc2)cc1. The van der Waals surface area contributed by atoms with Gasteiger partial charge in [0, 0.05) is 7.14 Å². The largest absolute Gasteiger partial charge is 0.489 e. The number of rotatable bonds is 9. The molecule has 0 spiro atoms. The molecule has 4 rings (SSSR count). The zero-order chi connectivity index (χ0) is 23.0. The van der Waals surface area contributed by atoms with Crippen LogP contribution in [0.4, 0.5) is 0 Å². The smallest absolute Gasteiger partial charge is 0.119 e. The second-order valence-corrected chi connectivity index (χ2v) is 10.6. The molecule has 0 aliphatic heterocycles. The minimum absolute atomic E-state index is 0.425. The van der Waals surface area contributed by atoms with Gasteiger partial charge in [0.2, 0.25) is 0 Å². The maximum atomic E-state index is 5.94. The molecule has 0 amide bonds. The van der Waals surface area contributed by atoms with Gasteiger partial charge in [0.1, 0.15) is 24.7 Å². The summed E-state index contributed by atoms with van der Waals surface area (Å²) in [6.07, 6.45) is 0.986. The molecule has 0 N–H and O–H groups in total. The van der Waals surface area contributed by atoms with Crippen LogP contribution >= 0.6 is 45.2 Å². The van der Waals surface area contributed by atoms with Crippen LogP contribution in [0.1, 0.15) is 35.1 Å². The molecule has 4 heteroatoms. The van der Waals surface area contributed by atoms with Crippen LogP contribution in [0.15, 0.2) is 97.1 Å². The zero-order valence-electron chi connectivity index (χ0n) is 18.5. The molecule has 0 bridgehead atoms. The Balaban J connectivity index is 1.27. The highest BCUT2D eigenvalue weighted by Gasteiger charge is 2.08. The van der Waals surface area contributed by atoms with Crippen molar-refractivity contribution in [2.75, 3.05) is 0 Å². The van der Waals surface area contributed by atoms with Crippen LogP contribution in [0, 0.1) is 7.14 Å². The molecule has 0 heterocycles. The van der Waals surface area contributed by atoms with Gasteiger partial charge < -0.3 is 9.47 Å². The molecule has 2 nitrogen and oxygen atoms in total. The Morgan fingerprint density at radius 2 is 0.939 bits per heavy atom. The van der Waals surface area contributed by atoms with E-state index in [1.165, 1.54) is 29.4 Å². The van der Waals surface area contributed by atoms with E-state index in [0.29, 0.717) is 19.1 Å². The third kappa shape index (κ3) is 7.47. The fourth-order valence-electron chi connectivity index (χ4n) is 3.58. The highest BCUT2D eigenvalue weighted by atomic mass is 127. The van der Waals surface area contributed by atoms with Gasteiger partial charge in [0.05, 0.1) is 0 Å². The summed E-state index contributed by atoms with van der Waals surface area (Å²) in [5.74, 6) is 2.23. The van der Waals surface area contributed by atoms with Gasteiger partial charge in [0.15, 0.2) is 0 Å². The lowest BCUT2D eigenvalue weighted by Gasteiger charge is -2.14. The summed E-state index contributed by atoms with van der Waals surface area (Å²) < 4.78 is 14.3. The van der Waals surface area contributed by atoms with Gasteiger partial charge in [-0.3, -0.25) is 0 Å². The zero-order valence-corrected chi connectivity index (χ0v) is 22.8. The summed E-state index contributed by atoms with van der Waals surface area (Å²) in [4.78, 5) is 0. The van der Waals surface area contributed by atoms with Crippen molar-refractivity contribution in [2.24, 2.45) is 0 Å². The lowest BCUT2D eigenvalue weighted by atomic mass is 9.94. The molecule has 0 saturated carbocycles. The minimum atomic E-state index is 0.425. The lowest BCUT2D eigenvalue weighted by Crippen LogP contribution is -2.00. The van der Waals surface area contributed by atoms with Crippen LogP contribution in [-0.4, -0.2) is 0 Å². The fourth-order valence-corrected chi connectivity index (χ4v) is 4.30. The number of benzene rings is 4. The van der Waals surface area contributed by atoms with E-state index in [-0.39, 0.29) is 0 Å². The highest BCUT2D eigenvalue weighted by Crippen LogP contribution is 2.25. The monoisotopic (exact) mass is 660 g/mol. The number of halogens is 2. The van der Waals surface area contributed by atoms with E-state index in [4.69, 9.17) is 9.47 Å². The lowest BCUT2D eigenvalue weighted by molar-refractivity contribution is 0.306. The van der Waals surface area contributed by atoms with Gasteiger partial charge in [-0.15, -0.1) is 0 Å². The third-order valence-electron chi connectivity index (χ3n) is 5.55. The van der Waals surface area contributed by atoms with E-state index in [9.17, 15) is 0 Å². The van der Waals surface area contributed by atoms with E-state index >= 15 is 0 Å². The molecule has 0 aliphatic carbocycles. The quantitative estimate of drug-likeness (QED) is 0.168. The van der Waals surface area contributed by atoms with Crippen molar-refractivity contribution in [2.45, 2.75) is 32.5 Å². The number of ether oxygens (including phenoxy) is 2. The fraction of sp³-hybridized carbons (Fsp3) is 0.172. The van der Waals surface area contributed by atoms with E-state index in [2.05, 4.69) is 149 Å². The average Bonchev–Trinajstić information content (AvgIpc) is 2.84. The van der Waals surface area contributed by atoms with Gasteiger partial charge in [0.25, 0.3) is 0 Å². The van der Waals surface area contributed by atoms with E-state index in [1.54, 1.807) is 0 Å². The van der Waals surface area contributed by atoms with Crippen molar-refractivity contribution in [3.05, 3.63) is 126 Å². The molecule has 1 atom stereocenters. The first-order chi connectivity index (χ1) is 16.0. The predicted molar refractivity (Wildman–Crippen MR) is 152 cm³/mol. The van der Waals surface area contributed by atoms with Crippen LogP contribution in [0.25, 0.3) is 0 Å². The Labute approximate surface area is 223 Å².